The molecule has 0 radical (unpaired) electrons. The molecule has 0 aliphatic heterocycles. The molecule has 0 heterocycles. The number of hydroxylamine groups is 1. The molecule has 6 nitrogen and oxygen atoms in total. The number of amides is 1. The van der Waals surface area contributed by atoms with Crippen LogP contribution in [0.15, 0.2) is 0 Å². The average Bonchev–Trinajstić information content (AvgIpc) is 2.14. The number of hydrogen-bond acceptors (Lipinski definition) is 5. The minimum absolute atomic E-state index is 0.340. The maximum atomic E-state index is 10.8. The number of carbonyl (C=O) groups is 1. The van der Waals surface area contributed by atoms with Crippen LogP contribution in [0, 0.1) is 0 Å². The lowest BCUT2D eigenvalue weighted by atomic mass is 10.4. The van der Waals surface area contributed by atoms with Crippen LogP contribution in [0.2, 0.25) is 0 Å². The second-order valence-corrected chi connectivity index (χ2v) is 3.18. The summed E-state index contributed by atoms with van der Waals surface area (Å²) in [5, 5.41) is 8.05. The van der Waals surface area contributed by atoms with E-state index < -0.39 is 20.8 Å². The van der Waals surface area contributed by atoms with Crippen LogP contribution in [0.1, 0.15) is 19.8 Å². The Hall–Kier alpha value is -0.550. The molecular weight excluding hydrogens is 197 g/mol. The van der Waals surface area contributed by atoms with Gasteiger partial charge in [0.25, 0.3) is 5.91 Å². The molecule has 13 heavy (non-hydrogen) atoms. The van der Waals surface area contributed by atoms with Gasteiger partial charge in [-0.25, -0.2) is 5.48 Å². The molecule has 0 saturated carbocycles. The quantitative estimate of drug-likeness (QED) is 0.283. The molecule has 0 aromatic carbocycles. The Morgan fingerprint density at radius 3 is 2.77 bits per heavy atom. The summed E-state index contributed by atoms with van der Waals surface area (Å²) in [6, 6.07) is 0. The van der Waals surface area contributed by atoms with E-state index >= 15 is 0 Å². The Kier molecular flexibility index (Phi) is 7.73. The summed E-state index contributed by atoms with van der Waals surface area (Å²) in [5.41, 5.74) is 1.34. The summed E-state index contributed by atoms with van der Waals surface area (Å²) in [5.74, 6) is -0.762. The van der Waals surface area contributed by atoms with Crippen LogP contribution >= 0.6 is 8.25 Å². The number of carbonyl (C=O) groups excluding carboxylic acids is 1. The Labute approximate surface area is 77.1 Å². The Morgan fingerprint density at radius 2 is 2.23 bits per heavy atom. The number of unbranched alkanes of at least 4 members (excludes halogenated alkanes) is 1. The molecule has 0 aromatic heterocycles. The number of nitrogens with one attached hydrogen (secondary N) is 1. The summed E-state index contributed by atoms with van der Waals surface area (Å²) in [7, 11) is -2.25. The van der Waals surface area contributed by atoms with Crippen molar-refractivity contribution in [1.82, 2.24) is 5.48 Å². The second-order valence-electron chi connectivity index (χ2n) is 2.22. The smallest absolute Gasteiger partial charge is 0.289 e. The van der Waals surface area contributed by atoms with Gasteiger partial charge in [-0.1, -0.05) is 13.3 Å². The average molecular weight is 210 g/mol. The highest BCUT2D eigenvalue weighted by Gasteiger charge is 2.21. The highest BCUT2D eigenvalue weighted by atomic mass is 31.1. The van der Waals surface area contributed by atoms with Crippen LogP contribution in [0.3, 0.4) is 0 Å². The van der Waals surface area contributed by atoms with Crippen LogP contribution < -0.4 is 5.48 Å². The molecule has 0 rings (SSSR count). The molecule has 0 fully saturated rings. The van der Waals surface area contributed by atoms with Crippen molar-refractivity contribution < 1.29 is 23.6 Å². The topological polar surface area (TPSA) is 84.9 Å². The van der Waals surface area contributed by atoms with Crippen LogP contribution in [-0.2, 0) is 18.4 Å². The zero-order valence-corrected chi connectivity index (χ0v) is 8.25. The maximum absolute atomic E-state index is 10.8. The predicted octanol–water partition coefficient (Wildman–Crippen LogP) is 0.982. The van der Waals surface area contributed by atoms with Gasteiger partial charge in [-0.3, -0.25) is 10.0 Å². The summed E-state index contributed by atoms with van der Waals surface area (Å²) in [6.07, 6.45) is 1.72. The van der Waals surface area contributed by atoms with Crippen molar-refractivity contribution in [3.8, 4) is 0 Å². The van der Waals surface area contributed by atoms with E-state index in [9.17, 15) is 9.36 Å². The van der Waals surface area contributed by atoms with Gasteiger partial charge in [-0.05, 0) is 6.42 Å². The minimum Gasteiger partial charge on any atom is -0.289 e. The van der Waals surface area contributed by atoms with E-state index in [0.717, 1.165) is 12.8 Å². The molecule has 0 aromatic rings. The summed E-state index contributed by atoms with van der Waals surface area (Å²) >= 11 is 0. The Balaban J connectivity index is 3.35. The first-order valence-corrected chi connectivity index (χ1v) is 4.96. The van der Waals surface area contributed by atoms with Crippen LogP contribution in [0.4, 0.5) is 0 Å². The molecule has 0 saturated heterocycles. The molecule has 0 bridgehead atoms. The van der Waals surface area contributed by atoms with Gasteiger partial charge in [-0.2, -0.15) is 0 Å². The van der Waals surface area contributed by atoms with Crippen molar-refractivity contribution in [1.29, 1.82) is 0 Å². The van der Waals surface area contributed by atoms with Crippen molar-refractivity contribution in [2.75, 3.05) is 13.2 Å². The lowest BCUT2D eigenvalue weighted by molar-refractivity contribution is -0.131. The Bertz CT molecular complexity index is 174. The third-order valence-corrected chi connectivity index (χ3v) is 1.85. The predicted molar refractivity (Wildman–Crippen MR) is 44.3 cm³/mol. The minimum atomic E-state index is -2.25. The normalized spacial score (nSPS) is 11.1. The van der Waals surface area contributed by atoms with Crippen molar-refractivity contribution in [3.05, 3.63) is 0 Å². The third kappa shape index (κ3) is 7.80. The second kappa shape index (κ2) is 8.07. The monoisotopic (exact) mass is 210 g/mol. The molecule has 2 N–H and O–H groups in total. The van der Waals surface area contributed by atoms with E-state index in [2.05, 4.69) is 4.52 Å². The first kappa shape index (κ1) is 12.4. The van der Waals surface area contributed by atoms with E-state index in [1.54, 1.807) is 0 Å². The first-order valence-electron chi connectivity index (χ1n) is 3.86. The molecule has 0 aliphatic carbocycles. The van der Waals surface area contributed by atoms with E-state index in [1.165, 1.54) is 5.48 Å². The molecule has 1 amide bonds. The Morgan fingerprint density at radius 1 is 1.54 bits per heavy atom. The SMILES string of the molecule is CCCCO[P+](=O)OCC(=O)NO. The summed E-state index contributed by atoms with van der Waals surface area (Å²) < 4.78 is 19.9. The molecule has 1 unspecified atom stereocenters. The molecule has 7 heteroatoms. The van der Waals surface area contributed by atoms with Crippen molar-refractivity contribution in [2.45, 2.75) is 19.8 Å². The van der Waals surface area contributed by atoms with Gasteiger partial charge in [0.1, 0.15) is 6.61 Å². The fourth-order valence-corrected chi connectivity index (χ4v) is 1.04. The fraction of sp³-hybridized carbons (Fsp3) is 0.833. The van der Waals surface area contributed by atoms with Gasteiger partial charge in [0, 0.05) is 4.57 Å². The zero-order valence-electron chi connectivity index (χ0n) is 7.36. The molecular formula is C6H13NO5P+. The first-order chi connectivity index (χ1) is 6.20. The highest BCUT2D eigenvalue weighted by Crippen LogP contribution is 2.23. The van der Waals surface area contributed by atoms with Crippen LogP contribution in [0.5, 0.6) is 0 Å². The van der Waals surface area contributed by atoms with Crippen molar-refractivity contribution in [2.24, 2.45) is 0 Å². The molecule has 0 aliphatic rings. The van der Waals surface area contributed by atoms with Crippen molar-refractivity contribution in [3.63, 3.8) is 0 Å². The third-order valence-electron chi connectivity index (χ3n) is 1.12. The fourth-order valence-electron chi connectivity index (χ4n) is 0.464. The zero-order chi connectivity index (χ0) is 10.1. The number of rotatable bonds is 7. The molecule has 1 atom stereocenters. The highest BCUT2D eigenvalue weighted by molar-refractivity contribution is 7.33. The van der Waals surface area contributed by atoms with Gasteiger partial charge >= 0.3 is 8.25 Å². The maximum Gasteiger partial charge on any atom is 0.697 e. The number of hydrogen-bond donors (Lipinski definition) is 2. The van der Waals surface area contributed by atoms with E-state index in [0.29, 0.717) is 6.61 Å². The van der Waals surface area contributed by atoms with Gasteiger partial charge in [0.05, 0.1) is 0 Å². The standard InChI is InChI=1S/C6H12NO5P/c1-2-3-4-11-13(10)12-5-6(8)7-9/h2-5H2,1H3,(H-,7,8,9)/p+1. The van der Waals surface area contributed by atoms with E-state index in [4.69, 9.17) is 9.73 Å². The van der Waals surface area contributed by atoms with Gasteiger partial charge in [0.2, 0.25) is 0 Å². The van der Waals surface area contributed by atoms with Gasteiger partial charge in [0.15, 0.2) is 6.61 Å². The van der Waals surface area contributed by atoms with Gasteiger partial charge in [-0.15, -0.1) is 9.05 Å². The van der Waals surface area contributed by atoms with E-state index in [1.807, 2.05) is 6.92 Å². The van der Waals surface area contributed by atoms with Gasteiger partial charge < -0.3 is 0 Å². The van der Waals surface area contributed by atoms with Crippen molar-refractivity contribution >= 4 is 14.2 Å². The lowest BCUT2D eigenvalue weighted by Crippen LogP contribution is -2.22. The summed E-state index contributed by atoms with van der Waals surface area (Å²) in [4.78, 5) is 10.4. The van der Waals surface area contributed by atoms with Crippen LogP contribution in [0.25, 0.3) is 0 Å². The summed E-state index contributed by atoms with van der Waals surface area (Å²) in [6.45, 7) is 1.83. The molecule has 0 spiro atoms. The molecule has 76 valence electrons. The largest absolute Gasteiger partial charge is 0.697 e. The van der Waals surface area contributed by atoms with Crippen LogP contribution in [-0.4, -0.2) is 24.3 Å². The van der Waals surface area contributed by atoms with E-state index in [-0.39, 0.29) is 0 Å². The lowest BCUT2D eigenvalue weighted by Gasteiger charge is -1.91.